The lowest BCUT2D eigenvalue weighted by molar-refractivity contribution is -0.274. The third kappa shape index (κ3) is 6.14. The van der Waals surface area contributed by atoms with Crippen LogP contribution >= 0.6 is 0 Å². The van der Waals surface area contributed by atoms with Gasteiger partial charge in [0, 0.05) is 36.7 Å². The van der Waals surface area contributed by atoms with Crippen LogP contribution in [-0.4, -0.2) is 27.9 Å². The molecule has 0 fully saturated rings. The lowest BCUT2D eigenvalue weighted by Crippen LogP contribution is -2.17. The van der Waals surface area contributed by atoms with Gasteiger partial charge in [-0.05, 0) is 42.5 Å². The standard InChI is InChI=1S/C18H16F3N5O/c19-18(20,21)27-15-6-4-14(5-7-15)25-17-24-12-9-16(26-17)23-11-8-13-3-1-2-10-22-13/h1-7,9-10,12H,8,11H2,(H2,23,24,25,26). The van der Waals surface area contributed by atoms with Crippen molar-refractivity contribution in [2.75, 3.05) is 17.2 Å². The van der Waals surface area contributed by atoms with Crippen molar-refractivity contribution in [1.29, 1.82) is 0 Å². The molecule has 3 rings (SSSR count). The van der Waals surface area contributed by atoms with Crippen molar-refractivity contribution < 1.29 is 17.9 Å². The fourth-order valence-electron chi connectivity index (χ4n) is 2.25. The lowest BCUT2D eigenvalue weighted by Gasteiger charge is -2.10. The van der Waals surface area contributed by atoms with Crippen molar-refractivity contribution in [3.63, 3.8) is 0 Å². The SMILES string of the molecule is FC(F)(F)Oc1ccc(Nc2nccc(NCCc3ccccn3)n2)cc1. The second-order valence-corrected chi connectivity index (χ2v) is 5.46. The van der Waals surface area contributed by atoms with E-state index in [4.69, 9.17) is 0 Å². The highest BCUT2D eigenvalue weighted by Crippen LogP contribution is 2.24. The molecule has 0 aliphatic heterocycles. The van der Waals surface area contributed by atoms with E-state index in [1.807, 2.05) is 18.2 Å². The van der Waals surface area contributed by atoms with E-state index < -0.39 is 6.36 Å². The number of anilines is 3. The van der Waals surface area contributed by atoms with Gasteiger partial charge in [-0.15, -0.1) is 13.2 Å². The molecule has 2 aromatic heterocycles. The number of alkyl halides is 3. The molecular weight excluding hydrogens is 359 g/mol. The molecule has 2 heterocycles. The molecule has 1 aromatic carbocycles. The summed E-state index contributed by atoms with van der Waals surface area (Å²) < 4.78 is 40.4. The molecule has 0 unspecified atom stereocenters. The van der Waals surface area contributed by atoms with Gasteiger partial charge in [0.05, 0.1) is 0 Å². The van der Waals surface area contributed by atoms with E-state index in [-0.39, 0.29) is 5.75 Å². The normalized spacial score (nSPS) is 11.1. The molecule has 3 aromatic rings. The average Bonchev–Trinajstić information content (AvgIpc) is 2.63. The fourth-order valence-corrected chi connectivity index (χ4v) is 2.25. The molecule has 0 bridgehead atoms. The van der Waals surface area contributed by atoms with Crippen molar-refractivity contribution >= 4 is 17.5 Å². The van der Waals surface area contributed by atoms with Crippen LogP contribution in [0.15, 0.2) is 60.9 Å². The summed E-state index contributed by atoms with van der Waals surface area (Å²) in [5.74, 6) is 0.654. The first-order valence-electron chi connectivity index (χ1n) is 8.08. The number of ether oxygens (including phenoxy) is 1. The van der Waals surface area contributed by atoms with Crippen molar-refractivity contribution in [3.05, 3.63) is 66.6 Å². The van der Waals surface area contributed by atoms with E-state index in [2.05, 4.69) is 30.3 Å². The summed E-state index contributed by atoms with van der Waals surface area (Å²) in [6, 6.07) is 12.8. The molecule has 2 N–H and O–H groups in total. The third-order valence-corrected chi connectivity index (χ3v) is 3.41. The van der Waals surface area contributed by atoms with Crippen LogP contribution < -0.4 is 15.4 Å². The van der Waals surface area contributed by atoms with E-state index in [0.29, 0.717) is 24.0 Å². The van der Waals surface area contributed by atoms with Crippen LogP contribution in [0.3, 0.4) is 0 Å². The van der Waals surface area contributed by atoms with E-state index >= 15 is 0 Å². The molecule has 0 spiro atoms. The topological polar surface area (TPSA) is 72.0 Å². The molecule has 0 aliphatic carbocycles. The molecule has 9 heteroatoms. The minimum Gasteiger partial charge on any atom is -0.406 e. The Morgan fingerprint density at radius 1 is 0.926 bits per heavy atom. The van der Waals surface area contributed by atoms with E-state index in [9.17, 15) is 13.2 Å². The molecule has 0 saturated heterocycles. The number of hydrogen-bond acceptors (Lipinski definition) is 6. The number of rotatable bonds is 7. The summed E-state index contributed by atoms with van der Waals surface area (Å²) >= 11 is 0. The first kappa shape index (κ1) is 18.4. The van der Waals surface area contributed by atoms with Crippen molar-refractivity contribution in [3.8, 4) is 5.75 Å². The van der Waals surface area contributed by atoms with Crippen LogP contribution in [0.5, 0.6) is 5.75 Å². The molecule has 6 nitrogen and oxygen atoms in total. The summed E-state index contributed by atoms with van der Waals surface area (Å²) in [5, 5.41) is 6.11. The minimum absolute atomic E-state index is 0.293. The van der Waals surface area contributed by atoms with Gasteiger partial charge >= 0.3 is 6.36 Å². The fraction of sp³-hybridized carbons (Fsp3) is 0.167. The van der Waals surface area contributed by atoms with Gasteiger partial charge < -0.3 is 15.4 Å². The number of halogens is 3. The molecule has 140 valence electrons. The highest BCUT2D eigenvalue weighted by atomic mass is 19.4. The van der Waals surface area contributed by atoms with Crippen molar-refractivity contribution in [2.24, 2.45) is 0 Å². The first-order valence-corrected chi connectivity index (χ1v) is 8.08. The first-order chi connectivity index (χ1) is 13.0. The van der Waals surface area contributed by atoms with Crippen LogP contribution in [0.1, 0.15) is 5.69 Å². The van der Waals surface area contributed by atoms with E-state index in [1.54, 1.807) is 18.5 Å². The number of nitrogens with zero attached hydrogens (tertiary/aromatic N) is 3. The summed E-state index contributed by atoms with van der Waals surface area (Å²) in [6.45, 7) is 0.650. The summed E-state index contributed by atoms with van der Waals surface area (Å²) in [4.78, 5) is 12.7. The van der Waals surface area contributed by atoms with Gasteiger partial charge in [0.1, 0.15) is 11.6 Å². The number of nitrogens with one attached hydrogen (secondary N) is 2. The summed E-state index contributed by atoms with van der Waals surface area (Å²) in [6.07, 6.45) is -0.645. The average molecular weight is 375 g/mol. The Kier molecular flexibility index (Phi) is 5.70. The van der Waals surface area contributed by atoms with Crippen LogP contribution in [-0.2, 0) is 6.42 Å². The molecule has 27 heavy (non-hydrogen) atoms. The predicted octanol–water partition coefficient (Wildman–Crippen LogP) is 4.17. The molecule has 0 amide bonds. The predicted molar refractivity (Wildman–Crippen MR) is 94.9 cm³/mol. The van der Waals surface area contributed by atoms with Crippen molar-refractivity contribution in [1.82, 2.24) is 15.0 Å². The molecule has 0 atom stereocenters. The number of pyridine rings is 1. The highest BCUT2D eigenvalue weighted by molar-refractivity contribution is 5.55. The zero-order valence-corrected chi connectivity index (χ0v) is 14.1. The highest BCUT2D eigenvalue weighted by Gasteiger charge is 2.30. The molecule has 0 saturated carbocycles. The Hall–Kier alpha value is -3.36. The maximum atomic E-state index is 12.2. The summed E-state index contributed by atoms with van der Waals surface area (Å²) in [7, 11) is 0. The molecular formula is C18H16F3N5O. The van der Waals surface area contributed by atoms with E-state index in [0.717, 1.165) is 12.1 Å². The van der Waals surface area contributed by atoms with Crippen LogP contribution in [0.4, 0.5) is 30.6 Å². The van der Waals surface area contributed by atoms with Crippen LogP contribution in [0.25, 0.3) is 0 Å². The lowest BCUT2D eigenvalue weighted by atomic mass is 10.3. The second kappa shape index (κ2) is 8.35. The van der Waals surface area contributed by atoms with Crippen LogP contribution in [0.2, 0.25) is 0 Å². The maximum absolute atomic E-state index is 12.2. The Morgan fingerprint density at radius 3 is 2.44 bits per heavy atom. The Labute approximate surface area is 153 Å². The number of aromatic nitrogens is 3. The zero-order chi connectivity index (χ0) is 19.1. The van der Waals surface area contributed by atoms with Gasteiger partial charge in [-0.2, -0.15) is 4.98 Å². The Bertz CT molecular complexity index is 857. The third-order valence-electron chi connectivity index (χ3n) is 3.41. The van der Waals surface area contributed by atoms with Gasteiger partial charge in [0.15, 0.2) is 0 Å². The maximum Gasteiger partial charge on any atom is 0.573 e. The molecule has 0 radical (unpaired) electrons. The smallest absolute Gasteiger partial charge is 0.406 e. The number of benzene rings is 1. The quantitative estimate of drug-likeness (QED) is 0.646. The van der Waals surface area contributed by atoms with E-state index in [1.165, 1.54) is 24.3 Å². The number of hydrogen-bond donors (Lipinski definition) is 2. The van der Waals surface area contributed by atoms with Gasteiger partial charge in [-0.3, -0.25) is 4.98 Å². The minimum atomic E-state index is -4.71. The van der Waals surface area contributed by atoms with Crippen LogP contribution in [0, 0.1) is 0 Å². The Morgan fingerprint density at radius 2 is 1.74 bits per heavy atom. The largest absolute Gasteiger partial charge is 0.573 e. The van der Waals surface area contributed by atoms with Gasteiger partial charge in [0.2, 0.25) is 5.95 Å². The zero-order valence-electron chi connectivity index (χ0n) is 14.1. The van der Waals surface area contributed by atoms with Gasteiger partial charge in [0.25, 0.3) is 0 Å². The van der Waals surface area contributed by atoms with Gasteiger partial charge in [-0.1, -0.05) is 6.07 Å². The summed E-state index contributed by atoms with van der Waals surface area (Å²) in [5.41, 5.74) is 1.51. The monoisotopic (exact) mass is 375 g/mol. The van der Waals surface area contributed by atoms with Crippen molar-refractivity contribution in [2.45, 2.75) is 12.8 Å². The molecule has 0 aliphatic rings. The van der Waals surface area contributed by atoms with Gasteiger partial charge in [-0.25, -0.2) is 4.98 Å². The second-order valence-electron chi connectivity index (χ2n) is 5.46. The Balaban J connectivity index is 1.55.